The van der Waals surface area contributed by atoms with E-state index < -0.39 is 0 Å². The van der Waals surface area contributed by atoms with Gasteiger partial charge in [-0.1, -0.05) is 77.0 Å². The highest BCUT2D eigenvalue weighted by molar-refractivity contribution is 5.37. The van der Waals surface area contributed by atoms with Gasteiger partial charge in [-0.3, -0.25) is 0 Å². The van der Waals surface area contributed by atoms with Crippen molar-refractivity contribution in [2.24, 2.45) is 0 Å². The molecular weight excluding hydrogens is 432 g/mol. The number of hydrogen-bond donors (Lipinski definition) is 6. The summed E-state index contributed by atoms with van der Waals surface area (Å²) < 4.78 is 0. The molecule has 0 amide bonds. The number of nitrogen functional groups attached to an aromatic ring is 4. The van der Waals surface area contributed by atoms with Gasteiger partial charge in [0, 0.05) is 13.1 Å². The number of nitrogens with zero attached hydrogens (tertiary/aromatic N) is 6. The first kappa shape index (κ1) is 27.1. The van der Waals surface area contributed by atoms with Crippen molar-refractivity contribution in [3.63, 3.8) is 0 Å². The van der Waals surface area contributed by atoms with Crippen LogP contribution in [-0.2, 0) is 0 Å². The van der Waals surface area contributed by atoms with Crippen molar-refractivity contribution in [2.75, 3.05) is 46.7 Å². The molecule has 10 N–H and O–H groups in total. The molecule has 2 heterocycles. The van der Waals surface area contributed by atoms with E-state index in [1.807, 2.05) is 0 Å². The summed E-state index contributed by atoms with van der Waals surface area (Å²) in [5, 5.41) is 6.29. The molecule has 0 aliphatic rings. The Morgan fingerprint density at radius 1 is 0.353 bits per heavy atom. The largest absolute Gasteiger partial charge is 0.368 e. The fourth-order valence-electron chi connectivity index (χ4n) is 3.75. The fourth-order valence-corrected chi connectivity index (χ4v) is 3.75. The van der Waals surface area contributed by atoms with Gasteiger partial charge < -0.3 is 33.6 Å². The number of aromatic nitrogens is 6. The topological polar surface area (TPSA) is 205 Å². The molecule has 34 heavy (non-hydrogen) atoms. The minimum absolute atomic E-state index is 0.148. The van der Waals surface area contributed by atoms with Gasteiger partial charge in [-0.15, -0.1) is 0 Å². The molecule has 190 valence electrons. The van der Waals surface area contributed by atoms with Crippen LogP contribution in [-0.4, -0.2) is 43.0 Å². The second-order valence-corrected chi connectivity index (χ2v) is 8.55. The molecule has 12 heteroatoms. The van der Waals surface area contributed by atoms with Gasteiger partial charge >= 0.3 is 0 Å². The van der Waals surface area contributed by atoms with E-state index in [2.05, 4.69) is 40.5 Å². The van der Waals surface area contributed by atoms with Gasteiger partial charge in [-0.25, -0.2) is 0 Å². The number of nitrogens with two attached hydrogens (primary N) is 4. The van der Waals surface area contributed by atoms with Crippen molar-refractivity contribution < 1.29 is 0 Å². The van der Waals surface area contributed by atoms with Gasteiger partial charge in [-0.05, 0) is 12.8 Å². The van der Waals surface area contributed by atoms with Crippen LogP contribution in [0.15, 0.2) is 0 Å². The predicted molar refractivity (Wildman–Crippen MR) is 139 cm³/mol. The smallest absolute Gasteiger partial charge is 0.229 e. The lowest BCUT2D eigenvalue weighted by Gasteiger charge is -2.06. The van der Waals surface area contributed by atoms with E-state index in [1.54, 1.807) is 0 Å². The van der Waals surface area contributed by atoms with E-state index in [9.17, 15) is 0 Å². The van der Waals surface area contributed by atoms with Crippen LogP contribution < -0.4 is 33.6 Å². The van der Waals surface area contributed by atoms with Crippen LogP contribution in [0.25, 0.3) is 0 Å². The lowest BCUT2D eigenvalue weighted by Crippen LogP contribution is -2.10. The van der Waals surface area contributed by atoms with E-state index in [0.29, 0.717) is 11.9 Å². The second-order valence-electron chi connectivity index (χ2n) is 8.55. The summed E-state index contributed by atoms with van der Waals surface area (Å²) in [6.07, 6.45) is 17.8. The second kappa shape index (κ2) is 16.4. The molecule has 0 aliphatic carbocycles. The van der Waals surface area contributed by atoms with Gasteiger partial charge in [0.15, 0.2) is 0 Å². The van der Waals surface area contributed by atoms with Crippen molar-refractivity contribution in [3.8, 4) is 0 Å². The molecule has 0 unspecified atom stereocenters. The molecule has 2 aromatic rings. The molecule has 0 saturated heterocycles. The number of rotatable bonds is 19. The predicted octanol–water partition coefficient (Wildman–Crippen LogP) is 3.37. The zero-order valence-electron chi connectivity index (χ0n) is 20.3. The zero-order chi connectivity index (χ0) is 24.4. The Hall–Kier alpha value is -3.18. The van der Waals surface area contributed by atoms with Gasteiger partial charge in [0.1, 0.15) is 0 Å². The minimum atomic E-state index is 0.148. The molecule has 0 aromatic carbocycles. The van der Waals surface area contributed by atoms with Crippen molar-refractivity contribution >= 4 is 35.7 Å². The molecule has 0 atom stereocenters. The Morgan fingerprint density at radius 3 is 0.853 bits per heavy atom. The summed E-state index contributed by atoms with van der Waals surface area (Å²) in [5.41, 5.74) is 22.2. The SMILES string of the molecule is Nc1nc(N)nc(NCCCCCCCCCCCCCCCCNc2nc(N)nc(N)n2)n1. The van der Waals surface area contributed by atoms with E-state index in [4.69, 9.17) is 22.9 Å². The number of unbranched alkanes of at least 4 members (excludes halogenated alkanes) is 13. The first-order valence-electron chi connectivity index (χ1n) is 12.5. The van der Waals surface area contributed by atoms with E-state index in [0.717, 1.165) is 25.9 Å². The van der Waals surface area contributed by atoms with Crippen LogP contribution in [0.5, 0.6) is 0 Å². The fraction of sp³-hybridized carbons (Fsp3) is 0.727. The standard InChI is InChI=1S/C22H42N12/c23-17-29-18(24)32-21(31-17)27-15-13-11-9-7-5-3-1-2-4-6-8-10-12-14-16-28-22-33-19(25)30-20(26)34-22/h1-16H2,(H5,23,24,27,29,31,32)(H5,25,26,28,30,33,34). The Kier molecular flexibility index (Phi) is 13.1. The molecule has 0 aliphatic heterocycles. The molecule has 2 rings (SSSR count). The number of nitrogens with one attached hydrogen (secondary N) is 2. The van der Waals surface area contributed by atoms with E-state index >= 15 is 0 Å². The normalized spacial score (nSPS) is 10.9. The average molecular weight is 475 g/mol. The van der Waals surface area contributed by atoms with Crippen LogP contribution in [0.1, 0.15) is 89.9 Å². The lowest BCUT2D eigenvalue weighted by atomic mass is 10.0. The Bertz CT molecular complexity index is 708. The summed E-state index contributed by atoms with van der Waals surface area (Å²) in [6.45, 7) is 1.64. The van der Waals surface area contributed by atoms with Crippen molar-refractivity contribution in [1.82, 2.24) is 29.9 Å². The van der Waals surface area contributed by atoms with Gasteiger partial charge in [0.25, 0.3) is 0 Å². The van der Waals surface area contributed by atoms with E-state index in [1.165, 1.54) is 77.0 Å². The number of hydrogen-bond acceptors (Lipinski definition) is 12. The number of anilines is 6. The van der Waals surface area contributed by atoms with Crippen molar-refractivity contribution in [2.45, 2.75) is 89.9 Å². The first-order valence-corrected chi connectivity index (χ1v) is 12.5. The third-order valence-electron chi connectivity index (χ3n) is 5.51. The molecule has 0 fully saturated rings. The van der Waals surface area contributed by atoms with Crippen LogP contribution >= 0.6 is 0 Å². The highest BCUT2D eigenvalue weighted by atomic mass is 15.2. The Labute approximate surface area is 202 Å². The Morgan fingerprint density at radius 2 is 0.588 bits per heavy atom. The van der Waals surface area contributed by atoms with Crippen molar-refractivity contribution in [3.05, 3.63) is 0 Å². The van der Waals surface area contributed by atoms with Gasteiger partial charge in [0.2, 0.25) is 35.7 Å². The molecule has 0 bridgehead atoms. The summed E-state index contributed by atoms with van der Waals surface area (Å²) in [4.78, 5) is 23.5. The zero-order valence-corrected chi connectivity index (χ0v) is 20.3. The van der Waals surface area contributed by atoms with Crippen LogP contribution in [0.4, 0.5) is 35.7 Å². The summed E-state index contributed by atoms with van der Waals surface area (Å²) in [5.74, 6) is 1.50. The maximum absolute atomic E-state index is 5.55. The van der Waals surface area contributed by atoms with E-state index in [-0.39, 0.29) is 23.8 Å². The highest BCUT2D eigenvalue weighted by Crippen LogP contribution is 2.13. The summed E-state index contributed by atoms with van der Waals surface area (Å²) in [7, 11) is 0. The highest BCUT2D eigenvalue weighted by Gasteiger charge is 2.02. The summed E-state index contributed by atoms with van der Waals surface area (Å²) in [6, 6.07) is 0. The molecule has 2 aromatic heterocycles. The molecule has 0 saturated carbocycles. The molecule has 12 nitrogen and oxygen atoms in total. The third-order valence-corrected chi connectivity index (χ3v) is 5.51. The average Bonchev–Trinajstić information content (AvgIpc) is 2.77. The van der Waals surface area contributed by atoms with Crippen LogP contribution in [0, 0.1) is 0 Å². The molecule has 0 spiro atoms. The minimum Gasteiger partial charge on any atom is -0.368 e. The van der Waals surface area contributed by atoms with Crippen LogP contribution in [0.2, 0.25) is 0 Å². The maximum Gasteiger partial charge on any atom is 0.229 e. The first-order chi connectivity index (χ1) is 16.5. The van der Waals surface area contributed by atoms with Crippen LogP contribution in [0.3, 0.4) is 0 Å². The maximum atomic E-state index is 5.55. The monoisotopic (exact) mass is 474 g/mol. The third kappa shape index (κ3) is 12.8. The van der Waals surface area contributed by atoms with Gasteiger partial charge in [-0.2, -0.15) is 29.9 Å². The summed E-state index contributed by atoms with van der Waals surface area (Å²) >= 11 is 0. The lowest BCUT2D eigenvalue weighted by molar-refractivity contribution is 0.536. The Balaban J connectivity index is 1.28. The molecule has 0 radical (unpaired) electrons. The van der Waals surface area contributed by atoms with Gasteiger partial charge in [0.05, 0.1) is 0 Å². The molecular formula is C22H42N12. The van der Waals surface area contributed by atoms with Crippen molar-refractivity contribution in [1.29, 1.82) is 0 Å². The quantitative estimate of drug-likeness (QED) is 0.162.